The lowest BCUT2D eigenvalue weighted by molar-refractivity contribution is -0.164. The maximum absolute atomic E-state index is 15.0. The van der Waals surface area contributed by atoms with Crippen LogP contribution < -0.4 is 11.1 Å². The van der Waals surface area contributed by atoms with Crippen LogP contribution in [0.3, 0.4) is 0 Å². The van der Waals surface area contributed by atoms with Gasteiger partial charge in [0.05, 0.1) is 25.3 Å². The van der Waals surface area contributed by atoms with Crippen molar-refractivity contribution in [3.05, 3.63) is 41.7 Å². The molecule has 0 spiro atoms. The summed E-state index contributed by atoms with van der Waals surface area (Å²) in [5.41, 5.74) is 3.79. The third-order valence-electron chi connectivity index (χ3n) is 5.62. The molecule has 1 aromatic carbocycles. The van der Waals surface area contributed by atoms with E-state index < -0.39 is 54.6 Å². The first-order valence-electron chi connectivity index (χ1n) is 10.7. The first-order chi connectivity index (χ1) is 17.0. The molecule has 2 heterocycles. The van der Waals surface area contributed by atoms with Gasteiger partial charge in [-0.3, -0.25) is 9.79 Å². The lowest BCUT2D eigenvalue weighted by Gasteiger charge is -2.45. The molecule has 196 valence electrons. The molecule has 2 aliphatic rings. The van der Waals surface area contributed by atoms with Crippen LogP contribution in [0.1, 0.15) is 18.9 Å². The number of carbonyl (C=O) groups is 1. The minimum absolute atomic E-state index is 0.0651. The molecular weight excluding hydrogens is 493 g/mol. The highest BCUT2D eigenvalue weighted by Gasteiger charge is 2.52. The van der Waals surface area contributed by atoms with Gasteiger partial charge in [0.25, 0.3) is 11.9 Å². The second-order valence-corrected chi connectivity index (χ2v) is 8.03. The van der Waals surface area contributed by atoms with E-state index in [4.69, 9.17) is 15.2 Å². The summed E-state index contributed by atoms with van der Waals surface area (Å²) in [7, 11) is 0. The summed E-state index contributed by atoms with van der Waals surface area (Å²) in [4.78, 5) is 23.6. The Kier molecular flexibility index (Phi) is 8.28. The lowest BCUT2D eigenvalue weighted by Crippen LogP contribution is -2.54. The number of carbonyl (C=O) groups excluding carboxylic acids is 1. The Morgan fingerprint density at radius 3 is 2.86 bits per heavy atom. The van der Waals surface area contributed by atoms with Crippen LogP contribution in [-0.4, -0.2) is 63.1 Å². The molecule has 3 N–H and O–H groups in total. The predicted octanol–water partition coefficient (Wildman–Crippen LogP) is 3.22. The molecule has 2 aliphatic heterocycles. The quantitative estimate of drug-likeness (QED) is 0.312. The minimum Gasteiger partial charge on any atom is -0.467 e. The summed E-state index contributed by atoms with van der Waals surface area (Å²) in [5, 5.41) is 2.47. The molecule has 0 radical (unpaired) electrons. The number of nitrogens with two attached hydrogens (primary N) is 1. The summed E-state index contributed by atoms with van der Waals surface area (Å²) in [6.07, 6.45) is -3.92. The number of rotatable bonds is 8. The lowest BCUT2D eigenvalue weighted by atomic mass is 9.74. The Hall–Kier alpha value is -3.55. The van der Waals surface area contributed by atoms with E-state index in [1.54, 1.807) is 0 Å². The molecule has 1 amide bonds. The topological polar surface area (TPSA) is 120 Å². The predicted molar refractivity (Wildman–Crippen MR) is 121 cm³/mol. The van der Waals surface area contributed by atoms with Crippen LogP contribution in [0, 0.1) is 11.7 Å². The summed E-state index contributed by atoms with van der Waals surface area (Å²) in [6, 6.07) is 3.24. The number of anilines is 1. The number of hydrogen-bond acceptors (Lipinski definition) is 8. The van der Waals surface area contributed by atoms with E-state index in [-0.39, 0.29) is 29.6 Å². The molecule has 3 atom stereocenters. The van der Waals surface area contributed by atoms with Crippen molar-refractivity contribution in [3.63, 3.8) is 0 Å². The summed E-state index contributed by atoms with van der Waals surface area (Å²) < 4.78 is 81.8. The smallest absolute Gasteiger partial charge is 0.422 e. The zero-order valence-electron chi connectivity index (χ0n) is 19.1. The second kappa shape index (κ2) is 11.0. The van der Waals surface area contributed by atoms with Crippen molar-refractivity contribution in [1.82, 2.24) is 0 Å². The molecule has 0 unspecified atom stereocenters. The summed E-state index contributed by atoms with van der Waals surface area (Å²) in [6.45, 7) is 2.07. The van der Waals surface area contributed by atoms with Gasteiger partial charge in [-0.25, -0.2) is 18.8 Å². The van der Waals surface area contributed by atoms with Crippen molar-refractivity contribution < 1.29 is 41.0 Å². The molecule has 0 saturated carbocycles. The highest BCUT2D eigenvalue weighted by molar-refractivity contribution is 6.42. The van der Waals surface area contributed by atoms with Gasteiger partial charge in [-0.2, -0.15) is 13.2 Å². The van der Waals surface area contributed by atoms with E-state index in [9.17, 15) is 26.7 Å². The SMILES string of the molecule is C=N/C(=C\N=C(/C)C(=O)Nc1ccc(F)c([C@@]2(CF)N=C(N)O[C@@H]3CCOC[C@@H]32)c1)OCC(F)(F)F. The highest BCUT2D eigenvalue weighted by atomic mass is 19.4. The third kappa shape index (κ3) is 6.17. The fourth-order valence-electron chi connectivity index (χ4n) is 3.87. The van der Waals surface area contributed by atoms with Crippen molar-refractivity contribution in [2.24, 2.45) is 26.6 Å². The van der Waals surface area contributed by atoms with E-state index in [1.165, 1.54) is 19.1 Å². The molecular formula is C22H24F5N5O4. The Balaban J connectivity index is 1.84. The standard InChI is InChI=1S/C22H24F5N5O4/c1-12(30-8-18(29-2)35-11-22(25,26)27)19(33)31-13-3-4-16(24)14(7-13)21(10-23)15-9-34-6-5-17(15)36-20(28)32-21/h3-4,7-8,15,17H,2,5-6,9-11H2,1H3,(H2,28,32)(H,31,33)/b18-8+,30-12+/t15-,17+,21+/m0/s1. The van der Waals surface area contributed by atoms with E-state index in [0.29, 0.717) is 13.0 Å². The fourth-order valence-corrected chi connectivity index (χ4v) is 3.87. The van der Waals surface area contributed by atoms with Crippen molar-refractivity contribution in [2.75, 3.05) is 31.8 Å². The monoisotopic (exact) mass is 517 g/mol. The highest BCUT2D eigenvalue weighted by Crippen LogP contribution is 2.44. The third-order valence-corrected chi connectivity index (χ3v) is 5.62. The van der Waals surface area contributed by atoms with E-state index >= 15 is 0 Å². The molecule has 1 fully saturated rings. The van der Waals surface area contributed by atoms with Gasteiger partial charge in [-0.1, -0.05) is 0 Å². The molecule has 14 heteroatoms. The summed E-state index contributed by atoms with van der Waals surface area (Å²) in [5.74, 6) is -2.76. The molecule has 3 rings (SSSR count). The maximum atomic E-state index is 15.0. The van der Waals surface area contributed by atoms with Crippen LogP contribution in [0.25, 0.3) is 0 Å². The maximum Gasteiger partial charge on any atom is 0.422 e. The van der Waals surface area contributed by atoms with Crippen LogP contribution in [-0.2, 0) is 24.5 Å². The normalized spacial score (nSPS) is 24.8. The molecule has 0 aliphatic carbocycles. The van der Waals surface area contributed by atoms with Gasteiger partial charge in [-0.15, -0.1) is 0 Å². The number of hydrogen-bond donors (Lipinski definition) is 2. The minimum atomic E-state index is -4.60. The number of benzene rings is 1. The van der Waals surface area contributed by atoms with Crippen molar-refractivity contribution >= 4 is 30.0 Å². The Bertz CT molecular complexity index is 1090. The average molecular weight is 517 g/mol. The number of aliphatic imine (C=N–C) groups is 3. The van der Waals surface area contributed by atoms with E-state index in [0.717, 1.165) is 12.3 Å². The van der Waals surface area contributed by atoms with E-state index in [1.807, 2.05) is 0 Å². The zero-order chi connectivity index (χ0) is 26.5. The molecule has 36 heavy (non-hydrogen) atoms. The summed E-state index contributed by atoms with van der Waals surface area (Å²) >= 11 is 0. The Labute approximate surface area is 202 Å². The van der Waals surface area contributed by atoms with Gasteiger partial charge in [0.15, 0.2) is 6.61 Å². The molecule has 1 saturated heterocycles. The van der Waals surface area contributed by atoms with Crippen molar-refractivity contribution in [3.8, 4) is 0 Å². The number of nitrogens with one attached hydrogen (secondary N) is 1. The first-order valence-corrected chi connectivity index (χ1v) is 10.7. The first kappa shape index (κ1) is 27.0. The van der Waals surface area contributed by atoms with Crippen LogP contribution >= 0.6 is 0 Å². The van der Waals surface area contributed by atoms with Crippen LogP contribution in [0.2, 0.25) is 0 Å². The number of ether oxygens (including phenoxy) is 3. The number of fused-ring (bicyclic) bond motifs is 1. The number of halogens is 5. The van der Waals surface area contributed by atoms with Gasteiger partial charge in [0, 0.05) is 17.7 Å². The molecule has 0 bridgehead atoms. The van der Waals surface area contributed by atoms with Gasteiger partial charge >= 0.3 is 6.18 Å². The number of alkyl halides is 4. The number of amidine groups is 1. The largest absolute Gasteiger partial charge is 0.467 e. The Morgan fingerprint density at radius 1 is 1.44 bits per heavy atom. The van der Waals surface area contributed by atoms with Gasteiger partial charge in [0.1, 0.15) is 29.8 Å². The van der Waals surface area contributed by atoms with Gasteiger partial charge in [0.2, 0.25) is 5.88 Å². The Morgan fingerprint density at radius 2 is 2.19 bits per heavy atom. The average Bonchev–Trinajstić information content (AvgIpc) is 2.83. The van der Waals surface area contributed by atoms with Gasteiger partial charge in [-0.05, 0) is 31.8 Å². The van der Waals surface area contributed by atoms with Crippen LogP contribution in [0.15, 0.2) is 45.3 Å². The fraction of sp³-hybridized carbons (Fsp3) is 0.455. The van der Waals surface area contributed by atoms with E-state index in [2.05, 4.69) is 31.7 Å². The number of nitrogens with zero attached hydrogens (tertiary/aromatic N) is 3. The van der Waals surface area contributed by atoms with Crippen LogP contribution in [0.5, 0.6) is 0 Å². The molecule has 9 nitrogen and oxygen atoms in total. The van der Waals surface area contributed by atoms with Crippen LogP contribution in [0.4, 0.5) is 27.6 Å². The van der Waals surface area contributed by atoms with Crippen molar-refractivity contribution in [1.29, 1.82) is 0 Å². The molecule has 1 aromatic rings. The molecule has 0 aromatic heterocycles. The zero-order valence-corrected chi connectivity index (χ0v) is 19.1. The second-order valence-electron chi connectivity index (χ2n) is 8.03. The van der Waals surface area contributed by atoms with Gasteiger partial charge < -0.3 is 25.3 Å². The number of amides is 1. The van der Waals surface area contributed by atoms with Crippen molar-refractivity contribution in [2.45, 2.75) is 31.2 Å².